The maximum absolute atomic E-state index is 12.5. The topological polar surface area (TPSA) is 93.3 Å². The molecule has 0 aliphatic carbocycles. The highest BCUT2D eigenvalue weighted by molar-refractivity contribution is 7.91. The molecule has 0 unspecified atom stereocenters. The standard InChI is InChI=1S/C17H16N2O3S.2ClH/c18-6-8-23(21,22)17-10-13(12-1-3-15(20)4-2-12)9-14-11-19-7-5-16(14)17;;/h1-5,7,9-11,20H,6,8,18H2;2*1H. The first-order valence-corrected chi connectivity index (χ1v) is 8.76. The molecule has 3 N–H and O–H groups in total. The van der Waals surface area contributed by atoms with Crippen LogP contribution in [0.5, 0.6) is 5.75 Å². The number of pyridine rings is 1. The molecule has 0 atom stereocenters. The Morgan fingerprint density at radius 1 is 1.00 bits per heavy atom. The lowest BCUT2D eigenvalue weighted by Gasteiger charge is -2.11. The molecule has 134 valence electrons. The molecule has 0 radical (unpaired) electrons. The number of sulfone groups is 1. The summed E-state index contributed by atoms with van der Waals surface area (Å²) >= 11 is 0. The molecule has 0 spiro atoms. The Kier molecular flexibility index (Phi) is 7.19. The number of aromatic hydroxyl groups is 1. The summed E-state index contributed by atoms with van der Waals surface area (Å²) in [6.07, 6.45) is 3.21. The van der Waals surface area contributed by atoms with Gasteiger partial charge >= 0.3 is 0 Å². The molecule has 1 heterocycles. The molecular formula is C17H18Cl2N2O3S. The minimum Gasteiger partial charge on any atom is -0.508 e. The number of rotatable bonds is 4. The lowest BCUT2D eigenvalue weighted by molar-refractivity contribution is 0.475. The van der Waals surface area contributed by atoms with Crippen LogP contribution < -0.4 is 5.73 Å². The van der Waals surface area contributed by atoms with Crippen molar-refractivity contribution in [1.29, 1.82) is 0 Å². The number of benzene rings is 2. The van der Waals surface area contributed by atoms with Crippen molar-refractivity contribution in [2.45, 2.75) is 4.90 Å². The first kappa shape index (κ1) is 21.2. The zero-order valence-corrected chi connectivity index (χ0v) is 15.6. The quantitative estimate of drug-likeness (QED) is 0.701. The molecule has 2 aromatic carbocycles. The van der Waals surface area contributed by atoms with E-state index in [-0.39, 0.29) is 47.8 Å². The summed E-state index contributed by atoms with van der Waals surface area (Å²) in [5.74, 6) is 0.0517. The Hall–Kier alpha value is -1.86. The molecule has 0 aliphatic heterocycles. The summed E-state index contributed by atoms with van der Waals surface area (Å²) in [5, 5.41) is 10.8. The van der Waals surface area contributed by atoms with E-state index >= 15 is 0 Å². The summed E-state index contributed by atoms with van der Waals surface area (Å²) < 4.78 is 25.1. The van der Waals surface area contributed by atoms with E-state index in [1.165, 1.54) is 0 Å². The van der Waals surface area contributed by atoms with E-state index in [4.69, 9.17) is 5.73 Å². The number of phenolic OH excluding ortho intramolecular Hbond substituents is 1. The summed E-state index contributed by atoms with van der Waals surface area (Å²) in [4.78, 5) is 4.33. The van der Waals surface area contributed by atoms with Gasteiger partial charge < -0.3 is 10.8 Å². The van der Waals surface area contributed by atoms with Crippen LogP contribution in [-0.4, -0.2) is 30.8 Å². The molecule has 25 heavy (non-hydrogen) atoms. The molecule has 8 heteroatoms. The van der Waals surface area contributed by atoms with E-state index in [1.807, 2.05) is 6.07 Å². The van der Waals surface area contributed by atoms with Crippen molar-refractivity contribution < 1.29 is 13.5 Å². The van der Waals surface area contributed by atoms with Gasteiger partial charge in [-0.3, -0.25) is 4.98 Å². The van der Waals surface area contributed by atoms with Crippen molar-refractivity contribution in [3.63, 3.8) is 0 Å². The fourth-order valence-corrected chi connectivity index (χ4v) is 3.87. The van der Waals surface area contributed by atoms with Crippen LogP contribution in [-0.2, 0) is 9.84 Å². The van der Waals surface area contributed by atoms with Crippen molar-refractivity contribution >= 4 is 45.4 Å². The van der Waals surface area contributed by atoms with Gasteiger partial charge in [0.15, 0.2) is 9.84 Å². The van der Waals surface area contributed by atoms with E-state index in [9.17, 15) is 13.5 Å². The van der Waals surface area contributed by atoms with Gasteiger partial charge in [-0.1, -0.05) is 12.1 Å². The van der Waals surface area contributed by atoms with Crippen LogP contribution in [0.15, 0.2) is 59.8 Å². The van der Waals surface area contributed by atoms with Gasteiger partial charge in [-0.05, 0) is 41.5 Å². The van der Waals surface area contributed by atoms with Gasteiger partial charge in [0.25, 0.3) is 0 Å². The minimum absolute atomic E-state index is 0. The molecule has 3 rings (SSSR count). The van der Waals surface area contributed by atoms with Gasteiger partial charge in [0, 0.05) is 29.7 Å². The fraction of sp³-hybridized carbons (Fsp3) is 0.118. The zero-order valence-electron chi connectivity index (χ0n) is 13.1. The SMILES string of the molecule is Cl.Cl.NCCS(=O)(=O)c1cc(-c2ccc(O)cc2)cc2cnccc12. The minimum atomic E-state index is -3.48. The Morgan fingerprint density at radius 2 is 1.68 bits per heavy atom. The van der Waals surface area contributed by atoms with Crippen LogP contribution in [0.4, 0.5) is 0 Å². The average molecular weight is 401 g/mol. The number of phenols is 1. The Balaban J connectivity index is 0.00000156. The first-order valence-electron chi connectivity index (χ1n) is 7.11. The molecule has 3 aromatic rings. The van der Waals surface area contributed by atoms with Crippen molar-refractivity contribution in [2.75, 3.05) is 12.3 Å². The molecule has 1 aromatic heterocycles. The molecule has 5 nitrogen and oxygen atoms in total. The number of hydrogen-bond acceptors (Lipinski definition) is 5. The summed E-state index contributed by atoms with van der Waals surface area (Å²) in [7, 11) is -3.48. The van der Waals surface area contributed by atoms with E-state index in [0.29, 0.717) is 5.39 Å². The number of nitrogens with two attached hydrogens (primary N) is 1. The van der Waals surface area contributed by atoms with Crippen molar-refractivity contribution in [2.24, 2.45) is 5.73 Å². The van der Waals surface area contributed by atoms with Crippen molar-refractivity contribution in [3.05, 3.63) is 54.9 Å². The predicted octanol–water partition coefficient (Wildman–Crippen LogP) is 3.18. The van der Waals surface area contributed by atoms with Crippen LogP contribution in [0, 0.1) is 0 Å². The number of nitrogens with zero attached hydrogens (tertiary/aromatic N) is 1. The Bertz CT molecular complexity index is 961. The average Bonchev–Trinajstić information content (AvgIpc) is 2.54. The fourth-order valence-electron chi connectivity index (χ4n) is 2.52. The summed E-state index contributed by atoms with van der Waals surface area (Å²) in [6, 6.07) is 11.8. The molecule has 0 bridgehead atoms. The number of fused-ring (bicyclic) bond motifs is 1. The Morgan fingerprint density at radius 3 is 2.32 bits per heavy atom. The molecule has 0 fully saturated rings. The highest BCUT2D eigenvalue weighted by atomic mass is 35.5. The maximum Gasteiger partial charge on any atom is 0.180 e. The number of aromatic nitrogens is 1. The van der Waals surface area contributed by atoms with Gasteiger partial charge in [0.1, 0.15) is 5.75 Å². The van der Waals surface area contributed by atoms with Crippen LogP contribution in [0.25, 0.3) is 21.9 Å². The number of hydrogen-bond donors (Lipinski definition) is 2. The van der Waals surface area contributed by atoms with E-state index in [1.54, 1.807) is 48.8 Å². The largest absolute Gasteiger partial charge is 0.508 e. The lowest BCUT2D eigenvalue weighted by atomic mass is 10.0. The first-order chi connectivity index (χ1) is 11.0. The molecule has 0 saturated heterocycles. The highest BCUT2D eigenvalue weighted by Crippen LogP contribution is 2.31. The third kappa shape index (κ3) is 4.41. The van der Waals surface area contributed by atoms with Gasteiger partial charge in [0.2, 0.25) is 0 Å². The highest BCUT2D eigenvalue weighted by Gasteiger charge is 2.18. The second-order valence-electron chi connectivity index (χ2n) is 5.23. The second kappa shape index (κ2) is 8.49. The van der Waals surface area contributed by atoms with Crippen molar-refractivity contribution in [3.8, 4) is 16.9 Å². The van der Waals surface area contributed by atoms with Gasteiger partial charge in [0.05, 0.1) is 10.6 Å². The third-order valence-electron chi connectivity index (χ3n) is 3.64. The second-order valence-corrected chi connectivity index (χ2v) is 7.30. The Labute approximate surface area is 158 Å². The van der Waals surface area contributed by atoms with E-state index < -0.39 is 9.84 Å². The van der Waals surface area contributed by atoms with E-state index in [0.717, 1.165) is 16.5 Å². The van der Waals surface area contributed by atoms with Crippen LogP contribution in [0.1, 0.15) is 0 Å². The zero-order chi connectivity index (χ0) is 16.4. The van der Waals surface area contributed by atoms with Gasteiger partial charge in [-0.2, -0.15) is 0 Å². The van der Waals surface area contributed by atoms with Gasteiger partial charge in [-0.25, -0.2) is 8.42 Å². The normalized spacial score (nSPS) is 10.8. The van der Waals surface area contributed by atoms with Gasteiger partial charge in [-0.15, -0.1) is 24.8 Å². The summed E-state index contributed by atoms with van der Waals surface area (Å²) in [5.41, 5.74) is 7.01. The van der Waals surface area contributed by atoms with Crippen LogP contribution >= 0.6 is 24.8 Å². The lowest BCUT2D eigenvalue weighted by Crippen LogP contribution is -2.16. The summed E-state index contributed by atoms with van der Waals surface area (Å²) in [6.45, 7) is 0.0678. The van der Waals surface area contributed by atoms with Crippen LogP contribution in [0.2, 0.25) is 0 Å². The maximum atomic E-state index is 12.5. The third-order valence-corrected chi connectivity index (χ3v) is 5.42. The molecule has 0 amide bonds. The molecule has 0 aliphatic rings. The van der Waals surface area contributed by atoms with Crippen molar-refractivity contribution in [1.82, 2.24) is 4.98 Å². The van der Waals surface area contributed by atoms with E-state index in [2.05, 4.69) is 4.98 Å². The monoisotopic (exact) mass is 400 g/mol. The molecular weight excluding hydrogens is 383 g/mol. The van der Waals surface area contributed by atoms with Crippen LogP contribution in [0.3, 0.4) is 0 Å². The smallest absolute Gasteiger partial charge is 0.180 e. The predicted molar refractivity (Wildman–Crippen MR) is 104 cm³/mol. The number of halogens is 2. The molecule has 0 saturated carbocycles.